The predicted octanol–water partition coefficient (Wildman–Crippen LogP) is 2.84. The monoisotopic (exact) mass is 303 g/mol. The number of methoxy groups -OCH3 is 2. The van der Waals surface area contributed by atoms with Crippen LogP contribution in [0.1, 0.15) is 19.8 Å². The van der Waals surface area contributed by atoms with Crippen LogP contribution in [0.5, 0.6) is 11.5 Å². The average molecular weight is 303 g/mol. The summed E-state index contributed by atoms with van der Waals surface area (Å²) in [6, 6.07) is 5.52. The molecule has 0 aliphatic rings. The summed E-state index contributed by atoms with van der Waals surface area (Å²) in [5, 5.41) is 14.2. The summed E-state index contributed by atoms with van der Waals surface area (Å²) < 4.78 is 10.5. The highest BCUT2D eigenvalue weighted by Crippen LogP contribution is 2.30. The van der Waals surface area contributed by atoms with Crippen molar-refractivity contribution in [2.24, 2.45) is 0 Å². The van der Waals surface area contributed by atoms with Gasteiger partial charge in [-0.15, -0.1) is 5.10 Å². The van der Waals surface area contributed by atoms with Gasteiger partial charge in [0.2, 0.25) is 5.95 Å². The number of hydrogen-bond acceptors (Lipinski definition) is 7. The second-order valence-electron chi connectivity index (χ2n) is 4.64. The summed E-state index contributed by atoms with van der Waals surface area (Å²) in [6.07, 6.45) is 3.74. The molecule has 0 saturated carbocycles. The Balaban J connectivity index is 2.11. The highest BCUT2D eigenvalue weighted by molar-refractivity contribution is 5.65. The van der Waals surface area contributed by atoms with Gasteiger partial charge >= 0.3 is 0 Å². The van der Waals surface area contributed by atoms with E-state index in [0.717, 1.165) is 30.8 Å². The molecule has 0 aliphatic heterocycles. The van der Waals surface area contributed by atoms with Crippen molar-refractivity contribution in [3.8, 4) is 11.5 Å². The number of rotatable bonds is 8. The quantitative estimate of drug-likeness (QED) is 0.726. The lowest BCUT2D eigenvalue weighted by Crippen LogP contribution is -2.07. The number of ether oxygens (including phenoxy) is 2. The molecule has 1 heterocycles. The molecule has 0 amide bonds. The molecule has 0 atom stereocenters. The van der Waals surface area contributed by atoms with Gasteiger partial charge in [0, 0.05) is 12.6 Å². The topological polar surface area (TPSA) is 81.2 Å². The Morgan fingerprint density at radius 2 is 2.05 bits per heavy atom. The summed E-state index contributed by atoms with van der Waals surface area (Å²) in [6.45, 7) is 2.96. The molecule has 7 nitrogen and oxygen atoms in total. The lowest BCUT2D eigenvalue weighted by molar-refractivity contribution is 0.395. The van der Waals surface area contributed by atoms with Gasteiger partial charge in [-0.3, -0.25) is 0 Å². The van der Waals surface area contributed by atoms with E-state index in [-0.39, 0.29) is 0 Å². The van der Waals surface area contributed by atoms with E-state index in [1.807, 2.05) is 12.1 Å². The molecule has 22 heavy (non-hydrogen) atoms. The minimum absolute atomic E-state index is 0.505. The third-order valence-corrected chi connectivity index (χ3v) is 3.04. The normalized spacial score (nSPS) is 10.1. The molecule has 7 heteroatoms. The highest BCUT2D eigenvalue weighted by atomic mass is 16.5. The van der Waals surface area contributed by atoms with E-state index < -0.39 is 0 Å². The zero-order valence-electron chi connectivity index (χ0n) is 13.1. The van der Waals surface area contributed by atoms with Crippen molar-refractivity contribution in [3.63, 3.8) is 0 Å². The maximum atomic E-state index is 5.35. The van der Waals surface area contributed by atoms with Crippen LogP contribution in [0.25, 0.3) is 0 Å². The van der Waals surface area contributed by atoms with Crippen LogP contribution in [-0.2, 0) is 0 Å². The van der Waals surface area contributed by atoms with Crippen molar-refractivity contribution >= 4 is 17.5 Å². The Labute approximate surface area is 130 Å². The van der Waals surface area contributed by atoms with Gasteiger partial charge < -0.3 is 20.1 Å². The second-order valence-corrected chi connectivity index (χ2v) is 4.64. The number of nitrogens with one attached hydrogen (secondary N) is 2. The van der Waals surface area contributed by atoms with Crippen LogP contribution in [0.2, 0.25) is 0 Å². The largest absolute Gasteiger partial charge is 0.497 e. The molecule has 0 unspecified atom stereocenters. The van der Waals surface area contributed by atoms with Crippen LogP contribution in [0.4, 0.5) is 17.5 Å². The molecule has 118 valence electrons. The molecule has 2 N–H and O–H groups in total. The first-order valence-corrected chi connectivity index (χ1v) is 7.19. The van der Waals surface area contributed by atoms with Crippen LogP contribution >= 0.6 is 0 Å². The summed E-state index contributed by atoms with van der Waals surface area (Å²) in [5.41, 5.74) is 0.781. The van der Waals surface area contributed by atoms with Crippen LogP contribution < -0.4 is 20.1 Å². The van der Waals surface area contributed by atoms with Crippen molar-refractivity contribution in [1.29, 1.82) is 0 Å². The molecule has 0 radical (unpaired) electrons. The molecule has 1 aromatic carbocycles. The summed E-state index contributed by atoms with van der Waals surface area (Å²) >= 11 is 0. The second kappa shape index (κ2) is 8.02. The lowest BCUT2D eigenvalue weighted by Gasteiger charge is -2.12. The number of unbranched alkanes of at least 4 members (excludes halogenated alkanes) is 1. The van der Waals surface area contributed by atoms with E-state index in [1.165, 1.54) is 0 Å². The maximum Gasteiger partial charge on any atom is 0.244 e. The van der Waals surface area contributed by atoms with Crippen molar-refractivity contribution < 1.29 is 9.47 Å². The fourth-order valence-corrected chi connectivity index (χ4v) is 1.86. The third kappa shape index (κ3) is 4.21. The van der Waals surface area contributed by atoms with E-state index in [9.17, 15) is 0 Å². The molecule has 0 bridgehead atoms. The minimum atomic E-state index is 0.505. The van der Waals surface area contributed by atoms with Gasteiger partial charge in [0.1, 0.15) is 11.5 Å². The Kier molecular flexibility index (Phi) is 5.76. The summed E-state index contributed by atoms with van der Waals surface area (Å²) in [5.74, 6) is 2.49. The number of benzene rings is 1. The van der Waals surface area contributed by atoms with E-state index >= 15 is 0 Å². The van der Waals surface area contributed by atoms with Gasteiger partial charge in [-0.25, -0.2) is 0 Å². The summed E-state index contributed by atoms with van der Waals surface area (Å²) in [7, 11) is 3.22. The molecule has 0 aliphatic carbocycles. The Hall–Kier alpha value is -2.57. The molecular weight excluding hydrogens is 282 g/mol. The predicted molar refractivity (Wildman–Crippen MR) is 86.1 cm³/mol. The van der Waals surface area contributed by atoms with Crippen LogP contribution in [0.15, 0.2) is 24.4 Å². The van der Waals surface area contributed by atoms with Crippen LogP contribution in [0.3, 0.4) is 0 Å². The summed E-state index contributed by atoms with van der Waals surface area (Å²) in [4.78, 5) is 4.38. The lowest BCUT2D eigenvalue weighted by atomic mass is 10.2. The molecule has 0 fully saturated rings. The van der Waals surface area contributed by atoms with Crippen molar-refractivity contribution in [3.05, 3.63) is 24.4 Å². The molecule has 0 saturated heterocycles. The number of hydrogen-bond donors (Lipinski definition) is 2. The maximum absolute atomic E-state index is 5.35. The first-order chi connectivity index (χ1) is 10.8. The van der Waals surface area contributed by atoms with Crippen molar-refractivity contribution in [2.45, 2.75) is 19.8 Å². The smallest absolute Gasteiger partial charge is 0.244 e. The molecule has 2 aromatic rings. The van der Waals surface area contributed by atoms with Gasteiger partial charge in [-0.05, 0) is 18.6 Å². The fraction of sp³-hybridized carbons (Fsp3) is 0.400. The number of nitrogens with zero attached hydrogens (tertiary/aromatic N) is 3. The Morgan fingerprint density at radius 3 is 2.77 bits per heavy atom. The zero-order chi connectivity index (χ0) is 15.8. The van der Waals surface area contributed by atoms with E-state index in [2.05, 4.69) is 32.7 Å². The molecule has 0 spiro atoms. The molecular formula is C15H21N5O2. The van der Waals surface area contributed by atoms with Gasteiger partial charge in [-0.2, -0.15) is 10.1 Å². The highest BCUT2D eigenvalue weighted by Gasteiger charge is 2.07. The van der Waals surface area contributed by atoms with Crippen LogP contribution in [-0.4, -0.2) is 35.9 Å². The molecule has 1 aromatic heterocycles. The number of aromatic nitrogens is 3. The van der Waals surface area contributed by atoms with Crippen molar-refractivity contribution in [1.82, 2.24) is 15.2 Å². The van der Waals surface area contributed by atoms with Crippen molar-refractivity contribution in [2.75, 3.05) is 31.4 Å². The van der Waals surface area contributed by atoms with Gasteiger partial charge in [-0.1, -0.05) is 13.3 Å². The zero-order valence-corrected chi connectivity index (χ0v) is 13.1. The number of anilines is 3. The Bertz CT molecular complexity index is 606. The first-order valence-electron chi connectivity index (χ1n) is 7.19. The average Bonchev–Trinajstić information content (AvgIpc) is 2.56. The SMILES string of the molecule is CCCCNc1nncc(Nc2ccc(OC)cc2OC)n1. The van der Waals surface area contributed by atoms with Gasteiger partial charge in [0.25, 0.3) is 0 Å². The first kappa shape index (κ1) is 15.8. The van der Waals surface area contributed by atoms with Crippen LogP contribution in [0, 0.1) is 0 Å². The Morgan fingerprint density at radius 1 is 1.18 bits per heavy atom. The minimum Gasteiger partial charge on any atom is -0.497 e. The fourth-order valence-electron chi connectivity index (χ4n) is 1.86. The van der Waals surface area contributed by atoms with E-state index in [1.54, 1.807) is 26.5 Å². The standard InChI is InChI=1S/C15H21N5O2/c1-4-5-8-16-15-19-14(10-17-20-15)18-12-7-6-11(21-2)9-13(12)22-3/h6-7,9-10H,4-5,8H2,1-3H3,(H2,16,18,19,20). The molecule has 2 rings (SSSR count). The van der Waals surface area contributed by atoms with E-state index in [4.69, 9.17) is 9.47 Å². The van der Waals surface area contributed by atoms with E-state index in [0.29, 0.717) is 17.5 Å². The third-order valence-electron chi connectivity index (χ3n) is 3.04. The van der Waals surface area contributed by atoms with Gasteiger partial charge in [0.15, 0.2) is 5.82 Å². The van der Waals surface area contributed by atoms with Gasteiger partial charge in [0.05, 0.1) is 26.1 Å².